The molecular weight excluding hydrogens is 301 g/mol. The average molecular weight is 329 g/mol. The smallest absolute Gasteiger partial charge is 0.123 e. The van der Waals surface area contributed by atoms with Crippen LogP contribution in [0.15, 0.2) is 24.3 Å². The van der Waals surface area contributed by atoms with Crippen molar-refractivity contribution in [3.63, 3.8) is 0 Å². The predicted molar refractivity (Wildman–Crippen MR) is 97.6 cm³/mol. The van der Waals surface area contributed by atoms with Crippen LogP contribution in [0.2, 0.25) is 0 Å². The Bertz CT molecular complexity index is 677. The number of aliphatic hydroxyl groups is 1. The van der Waals surface area contributed by atoms with Crippen LogP contribution in [0.1, 0.15) is 68.5 Å². The molecule has 0 radical (unpaired) electrons. The molecule has 0 fully saturated rings. The number of unbranched alkanes of at least 4 members (excludes halogenated alkanes) is 2. The van der Waals surface area contributed by atoms with Gasteiger partial charge in [-0.25, -0.2) is 4.39 Å². The Labute approximate surface area is 144 Å². The quantitative estimate of drug-likeness (QED) is 0.676. The molecule has 2 rings (SSSR count). The highest BCUT2D eigenvalue weighted by atomic mass is 19.1. The van der Waals surface area contributed by atoms with Gasteiger partial charge < -0.3 is 5.11 Å². The summed E-state index contributed by atoms with van der Waals surface area (Å²) >= 11 is 0. The molecule has 0 aliphatic rings. The fourth-order valence-corrected chi connectivity index (χ4v) is 3.27. The molecule has 24 heavy (non-hydrogen) atoms. The lowest BCUT2D eigenvalue weighted by Crippen LogP contribution is -2.09. The summed E-state index contributed by atoms with van der Waals surface area (Å²) in [5.74, 6) is -0.0126. The number of aryl methyl sites for hydroxylation is 1. The summed E-state index contributed by atoms with van der Waals surface area (Å²) in [7, 11) is 0. The van der Waals surface area contributed by atoms with Crippen molar-refractivity contribution in [2.75, 3.05) is 0 Å². The van der Waals surface area contributed by atoms with Gasteiger partial charge in [-0.1, -0.05) is 45.7 Å². The molecule has 0 saturated heterocycles. The number of aromatic nitrogens is 1. The molecule has 0 unspecified atom stereocenters. The molecule has 0 spiro atoms. The average Bonchev–Trinajstić information content (AvgIpc) is 2.56. The Morgan fingerprint density at radius 1 is 1.08 bits per heavy atom. The molecule has 0 amide bonds. The summed E-state index contributed by atoms with van der Waals surface area (Å²) in [5.41, 5.74) is 6.03. The molecule has 3 heteroatoms. The molecular formula is C21H28FNO. The van der Waals surface area contributed by atoms with E-state index >= 15 is 0 Å². The van der Waals surface area contributed by atoms with E-state index in [0.717, 1.165) is 47.3 Å². The molecule has 2 aromatic rings. The maximum absolute atomic E-state index is 13.4. The van der Waals surface area contributed by atoms with Gasteiger partial charge in [0.1, 0.15) is 5.82 Å². The molecule has 130 valence electrons. The zero-order valence-electron chi connectivity index (χ0n) is 15.2. The zero-order chi connectivity index (χ0) is 17.7. The molecule has 0 aliphatic heterocycles. The van der Waals surface area contributed by atoms with E-state index in [4.69, 9.17) is 4.98 Å². The van der Waals surface area contributed by atoms with Crippen molar-refractivity contribution in [1.82, 2.24) is 4.98 Å². The van der Waals surface area contributed by atoms with Crippen LogP contribution in [0, 0.1) is 12.7 Å². The van der Waals surface area contributed by atoms with E-state index in [0.29, 0.717) is 0 Å². The largest absolute Gasteiger partial charge is 0.392 e. The molecule has 0 atom stereocenters. The lowest BCUT2D eigenvalue weighted by atomic mass is 9.88. The van der Waals surface area contributed by atoms with Gasteiger partial charge in [-0.2, -0.15) is 0 Å². The number of pyridine rings is 1. The predicted octanol–water partition coefficient (Wildman–Crippen LogP) is 5.54. The minimum Gasteiger partial charge on any atom is -0.392 e. The number of rotatable bonds is 7. The number of halogens is 1. The molecule has 0 saturated carbocycles. The van der Waals surface area contributed by atoms with Crippen molar-refractivity contribution in [3.8, 4) is 11.1 Å². The molecule has 1 heterocycles. The third-order valence-electron chi connectivity index (χ3n) is 4.51. The van der Waals surface area contributed by atoms with Crippen LogP contribution in [0.5, 0.6) is 0 Å². The maximum atomic E-state index is 13.4. The van der Waals surface area contributed by atoms with Crippen LogP contribution in [-0.4, -0.2) is 10.1 Å². The normalized spacial score (nSPS) is 11.3. The fourth-order valence-electron chi connectivity index (χ4n) is 3.27. The molecule has 1 aromatic heterocycles. The van der Waals surface area contributed by atoms with Crippen LogP contribution in [-0.2, 0) is 13.0 Å². The SMILES string of the molecule is CCCCCc1c(C)nc(C(C)C)c(CO)c1-c1ccc(F)cc1. The van der Waals surface area contributed by atoms with Crippen molar-refractivity contribution in [2.24, 2.45) is 0 Å². The van der Waals surface area contributed by atoms with Gasteiger partial charge in [-0.15, -0.1) is 0 Å². The summed E-state index contributed by atoms with van der Waals surface area (Å²) < 4.78 is 13.4. The lowest BCUT2D eigenvalue weighted by Gasteiger charge is -2.21. The number of aliphatic hydroxyl groups excluding tert-OH is 1. The molecule has 1 N–H and O–H groups in total. The molecule has 2 nitrogen and oxygen atoms in total. The first kappa shape index (κ1) is 18.6. The van der Waals surface area contributed by atoms with Gasteiger partial charge in [0.15, 0.2) is 0 Å². The van der Waals surface area contributed by atoms with Crippen LogP contribution in [0.25, 0.3) is 11.1 Å². The van der Waals surface area contributed by atoms with Crippen LogP contribution < -0.4 is 0 Å². The highest BCUT2D eigenvalue weighted by molar-refractivity contribution is 5.73. The number of hydrogen-bond acceptors (Lipinski definition) is 2. The van der Waals surface area contributed by atoms with Gasteiger partial charge in [-0.05, 0) is 54.5 Å². The summed E-state index contributed by atoms with van der Waals surface area (Å²) in [4.78, 5) is 4.79. The number of benzene rings is 1. The summed E-state index contributed by atoms with van der Waals surface area (Å²) in [6, 6.07) is 6.57. The van der Waals surface area contributed by atoms with Gasteiger partial charge >= 0.3 is 0 Å². The standard InChI is InChI=1S/C21H28FNO/c1-5-6-7-8-18-15(4)23-21(14(2)3)19(13-24)20(18)16-9-11-17(22)12-10-16/h9-12,14,24H,5-8,13H2,1-4H3. The first-order valence-corrected chi connectivity index (χ1v) is 8.88. The van der Waals surface area contributed by atoms with Crippen molar-refractivity contribution in [3.05, 3.63) is 52.6 Å². The van der Waals surface area contributed by atoms with Crippen LogP contribution in [0.4, 0.5) is 4.39 Å². The second kappa shape index (κ2) is 8.39. The Hall–Kier alpha value is -1.74. The molecule has 0 aliphatic carbocycles. The second-order valence-electron chi connectivity index (χ2n) is 6.69. The highest BCUT2D eigenvalue weighted by Gasteiger charge is 2.20. The van der Waals surface area contributed by atoms with Gasteiger partial charge in [0.2, 0.25) is 0 Å². The Balaban J connectivity index is 2.66. The van der Waals surface area contributed by atoms with E-state index in [1.54, 1.807) is 12.1 Å². The van der Waals surface area contributed by atoms with Crippen molar-refractivity contribution < 1.29 is 9.50 Å². The van der Waals surface area contributed by atoms with Gasteiger partial charge in [0, 0.05) is 17.0 Å². The maximum Gasteiger partial charge on any atom is 0.123 e. The van der Waals surface area contributed by atoms with E-state index in [1.165, 1.54) is 24.1 Å². The molecule has 1 aromatic carbocycles. The zero-order valence-corrected chi connectivity index (χ0v) is 15.2. The first-order chi connectivity index (χ1) is 11.5. The third kappa shape index (κ3) is 4.02. The Morgan fingerprint density at radius 3 is 2.29 bits per heavy atom. The van der Waals surface area contributed by atoms with Crippen LogP contribution >= 0.6 is 0 Å². The van der Waals surface area contributed by atoms with E-state index in [9.17, 15) is 9.50 Å². The summed E-state index contributed by atoms with van der Waals surface area (Å²) in [6.07, 6.45) is 4.36. The minimum absolute atomic E-state index is 0.0473. The Kier molecular flexibility index (Phi) is 6.50. The van der Waals surface area contributed by atoms with E-state index in [1.807, 2.05) is 6.92 Å². The number of nitrogens with zero attached hydrogens (tertiary/aromatic N) is 1. The van der Waals surface area contributed by atoms with E-state index in [2.05, 4.69) is 20.8 Å². The summed E-state index contributed by atoms with van der Waals surface area (Å²) in [5, 5.41) is 10.0. The minimum atomic E-state index is -0.244. The topological polar surface area (TPSA) is 33.1 Å². The summed E-state index contributed by atoms with van der Waals surface area (Å²) in [6.45, 7) is 8.36. The Morgan fingerprint density at radius 2 is 1.75 bits per heavy atom. The van der Waals surface area contributed by atoms with E-state index < -0.39 is 0 Å². The van der Waals surface area contributed by atoms with Crippen molar-refractivity contribution >= 4 is 0 Å². The fraction of sp³-hybridized carbons (Fsp3) is 0.476. The first-order valence-electron chi connectivity index (χ1n) is 8.88. The molecule has 0 bridgehead atoms. The number of hydrogen-bond donors (Lipinski definition) is 1. The second-order valence-corrected chi connectivity index (χ2v) is 6.69. The lowest BCUT2D eigenvalue weighted by molar-refractivity contribution is 0.280. The van der Waals surface area contributed by atoms with E-state index in [-0.39, 0.29) is 18.3 Å². The van der Waals surface area contributed by atoms with Crippen LogP contribution in [0.3, 0.4) is 0 Å². The van der Waals surface area contributed by atoms with Gasteiger partial charge in [0.05, 0.1) is 6.61 Å². The third-order valence-corrected chi connectivity index (χ3v) is 4.51. The van der Waals surface area contributed by atoms with Gasteiger partial charge in [0.25, 0.3) is 0 Å². The van der Waals surface area contributed by atoms with Crippen molar-refractivity contribution in [1.29, 1.82) is 0 Å². The van der Waals surface area contributed by atoms with Gasteiger partial charge in [-0.3, -0.25) is 4.98 Å². The monoisotopic (exact) mass is 329 g/mol. The van der Waals surface area contributed by atoms with Crippen molar-refractivity contribution in [2.45, 2.75) is 65.9 Å². The highest BCUT2D eigenvalue weighted by Crippen LogP contribution is 2.35.